The molecule has 0 aliphatic heterocycles. The number of hydrogen-bond donors (Lipinski definition) is 4. The zero-order chi connectivity index (χ0) is 16.2. The minimum absolute atomic E-state index is 0.236. The number of thiophene rings is 1. The van der Waals surface area contributed by atoms with Gasteiger partial charge in [0, 0.05) is 22.6 Å². The Kier molecular flexibility index (Phi) is 5.42. The molecule has 0 atom stereocenters. The second kappa shape index (κ2) is 6.84. The lowest BCUT2D eigenvalue weighted by molar-refractivity contribution is -0.156. The largest absolute Gasteiger partial charge is 0.481 e. The Balaban J connectivity index is 2.81. The zero-order valence-corrected chi connectivity index (χ0v) is 11.4. The van der Waals surface area contributed by atoms with Crippen molar-refractivity contribution in [2.75, 3.05) is 0 Å². The van der Waals surface area contributed by atoms with Gasteiger partial charge in [0.15, 0.2) is 11.8 Å². The van der Waals surface area contributed by atoms with Crippen LogP contribution in [0.25, 0.3) is 0 Å². The van der Waals surface area contributed by atoms with E-state index in [1.807, 2.05) is 0 Å². The van der Waals surface area contributed by atoms with Crippen molar-refractivity contribution < 1.29 is 39.6 Å². The Bertz CT molecular complexity index is 499. The smallest absolute Gasteiger partial charge is 0.318 e. The van der Waals surface area contributed by atoms with E-state index in [0.29, 0.717) is 9.75 Å². The van der Waals surface area contributed by atoms with Crippen molar-refractivity contribution in [1.82, 2.24) is 0 Å². The van der Waals surface area contributed by atoms with Crippen molar-refractivity contribution in [3.05, 3.63) is 21.9 Å². The molecule has 21 heavy (non-hydrogen) atoms. The molecule has 0 aliphatic rings. The van der Waals surface area contributed by atoms with Gasteiger partial charge in [-0.15, -0.1) is 11.3 Å². The van der Waals surface area contributed by atoms with Gasteiger partial charge in [-0.1, -0.05) is 0 Å². The van der Waals surface area contributed by atoms with Crippen LogP contribution in [0.2, 0.25) is 0 Å². The first-order valence-electron chi connectivity index (χ1n) is 5.71. The summed E-state index contributed by atoms with van der Waals surface area (Å²) in [6.45, 7) is 0. The highest BCUT2D eigenvalue weighted by atomic mass is 32.1. The van der Waals surface area contributed by atoms with E-state index in [9.17, 15) is 19.2 Å². The van der Waals surface area contributed by atoms with Crippen molar-refractivity contribution in [3.63, 3.8) is 0 Å². The summed E-state index contributed by atoms with van der Waals surface area (Å²) in [5.41, 5.74) is 0. The second-order valence-electron chi connectivity index (χ2n) is 4.23. The van der Waals surface area contributed by atoms with Gasteiger partial charge in [-0.25, -0.2) is 0 Å². The summed E-state index contributed by atoms with van der Waals surface area (Å²) in [6.07, 6.45) is -0.472. The predicted molar refractivity (Wildman–Crippen MR) is 69.3 cm³/mol. The molecule has 1 aromatic heterocycles. The molecular weight excluding hydrogens is 304 g/mol. The van der Waals surface area contributed by atoms with Crippen LogP contribution in [0.5, 0.6) is 0 Å². The number of carboxylic acid groups (broad SMARTS) is 4. The fourth-order valence-corrected chi connectivity index (χ4v) is 2.71. The topological polar surface area (TPSA) is 149 Å². The lowest BCUT2D eigenvalue weighted by atomic mass is 10.0. The van der Waals surface area contributed by atoms with E-state index in [1.54, 1.807) is 0 Å². The first-order chi connectivity index (χ1) is 9.72. The minimum atomic E-state index is -1.59. The fraction of sp³-hybridized carbons (Fsp3) is 0.333. The van der Waals surface area contributed by atoms with Crippen LogP contribution in [0, 0.1) is 11.8 Å². The lowest BCUT2D eigenvalue weighted by Crippen LogP contribution is -2.25. The first kappa shape index (κ1) is 16.6. The third kappa shape index (κ3) is 4.56. The lowest BCUT2D eigenvalue weighted by Gasteiger charge is -2.06. The Labute approximate surface area is 122 Å². The number of carboxylic acids is 4. The van der Waals surface area contributed by atoms with Gasteiger partial charge >= 0.3 is 23.9 Å². The number of aliphatic carboxylic acids is 4. The van der Waals surface area contributed by atoms with Crippen LogP contribution in [0.1, 0.15) is 9.75 Å². The molecule has 4 N–H and O–H groups in total. The summed E-state index contributed by atoms with van der Waals surface area (Å²) in [6, 6.07) is 2.94. The molecule has 1 rings (SSSR count). The Morgan fingerprint density at radius 1 is 0.762 bits per heavy atom. The molecule has 0 saturated heterocycles. The normalized spacial score (nSPS) is 10.8. The van der Waals surface area contributed by atoms with E-state index in [0.717, 1.165) is 11.3 Å². The fourth-order valence-electron chi connectivity index (χ4n) is 1.60. The molecule has 0 fully saturated rings. The molecule has 8 nitrogen and oxygen atoms in total. The quantitative estimate of drug-likeness (QED) is 0.503. The molecule has 0 unspecified atom stereocenters. The average Bonchev–Trinajstić information content (AvgIpc) is 2.79. The Morgan fingerprint density at radius 2 is 1.05 bits per heavy atom. The standard InChI is InChI=1S/C12H12O8S/c13-9(14)7(10(15)16)3-5-1-2-6(21-5)4-8(11(17)18)12(19)20/h1-2,7-8H,3-4H2,(H,13,14)(H,15,16)(H,17,18)(H,19,20). The van der Waals surface area contributed by atoms with Crippen LogP contribution < -0.4 is 0 Å². The molecule has 1 heterocycles. The number of carbonyl (C=O) groups is 4. The van der Waals surface area contributed by atoms with Crippen LogP contribution in [-0.4, -0.2) is 44.3 Å². The molecule has 0 spiro atoms. The molecule has 0 aromatic carbocycles. The van der Waals surface area contributed by atoms with E-state index >= 15 is 0 Å². The first-order valence-corrected chi connectivity index (χ1v) is 6.52. The van der Waals surface area contributed by atoms with Crippen molar-refractivity contribution >= 4 is 35.2 Å². The summed E-state index contributed by atoms with van der Waals surface area (Å²) in [5.74, 6) is -9.05. The SMILES string of the molecule is O=C(O)C(Cc1ccc(CC(C(=O)O)C(=O)O)s1)C(=O)O. The third-order valence-corrected chi connectivity index (χ3v) is 3.85. The summed E-state index contributed by atoms with van der Waals surface area (Å²) < 4.78 is 0. The van der Waals surface area contributed by atoms with Gasteiger partial charge in [-0.05, 0) is 12.1 Å². The maximum absolute atomic E-state index is 10.8. The van der Waals surface area contributed by atoms with Gasteiger partial charge in [-0.3, -0.25) is 19.2 Å². The van der Waals surface area contributed by atoms with Crippen LogP contribution >= 0.6 is 11.3 Å². The van der Waals surface area contributed by atoms with Crippen LogP contribution in [0.4, 0.5) is 0 Å². The maximum atomic E-state index is 10.8. The monoisotopic (exact) mass is 316 g/mol. The van der Waals surface area contributed by atoms with Crippen LogP contribution in [0.15, 0.2) is 12.1 Å². The summed E-state index contributed by atoms with van der Waals surface area (Å²) in [5, 5.41) is 35.1. The summed E-state index contributed by atoms with van der Waals surface area (Å²) in [7, 11) is 0. The molecule has 9 heteroatoms. The third-order valence-electron chi connectivity index (χ3n) is 2.72. The van der Waals surface area contributed by atoms with E-state index in [-0.39, 0.29) is 12.8 Å². The predicted octanol–water partition coefficient (Wildman–Crippen LogP) is 0.404. The van der Waals surface area contributed by atoms with Gasteiger partial charge in [0.2, 0.25) is 0 Å². The Hall–Kier alpha value is -2.42. The summed E-state index contributed by atoms with van der Waals surface area (Å²) >= 11 is 1.01. The molecule has 0 radical (unpaired) electrons. The van der Waals surface area contributed by atoms with Crippen molar-refractivity contribution in [3.8, 4) is 0 Å². The molecular formula is C12H12O8S. The van der Waals surface area contributed by atoms with Gasteiger partial charge in [0.25, 0.3) is 0 Å². The van der Waals surface area contributed by atoms with E-state index < -0.39 is 35.7 Å². The number of rotatable bonds is 8. The van der Waals surface area contributed by atoms with Gasteiger partial charge in [0.05, 0.1) is 0 Å². The van der Waals surface area contributed by atoms with Gasteiger partial charge < -0.3 is 20.4 Å². The van der Waals surface area contributed by atoms with Crippen LogP contribution in [-0.2, 0) is 32.0 Å². The molecule has 1 aromatic rings. The summed E-state index contributed by atoms with van der Waals surface area (Å²) in [4.78, 5) is 44.0. The molecule has 0 amide bonds. The van der Waals surface area contributed by atoms with E-state index in [4.69, 9.17) is 20.4 Å². The molecule has 114 valence electrons. The minimum Gasteiger partial charge on any atom is -0.481 e. The average molecular weight is 316 g/mol. The highest BCUT2D eigenvalue weighted by Crippen LogP contribution is 2.23. The maximum Gasteiger partial charge on any atom is 0.318 e. The molecule has 0 bridgehead atoms. The van der Waals surface area contributed by atoms with Crippen molar-refractivity contribution in [1.29, 1.82) is 0 Å². The highest BCUT2D eigenvalue weighted by molar-refractivity contribution is 7.12. The van der Waals surface area contributed by atoms with Crippen molar-refractivity contribution in [2.24, 2.45) is 11.8 Å². The van der Waals surface area contributed by atoms with Crippen LogP contribution in [0.3, 0.4) is 0 Å². The van der Waals surface area contributed by atoms with Crippen molar-refractivity contribution in [2.45, 2.75) is 12.8 Å². The van der Waals surface area contributed by atoms with E-state index in [1.165, 1.54) is 12.1 Å². The van der Waals surface area contributed by atoms with Gasteiger partial charge in [-0.2, -0.15) is 0 Å². The number of hydrogen-bond acceptors (Lipinski definition) is 5. The second-order valence-corrected chi connectivity index (χ2v) is 5.49. The Morgan fingerprint density at radius 3 is 1.29 bits per heavy atom. The molecule has 0 aliphatic carbocycles. The zero-order valence-electron chi connectivity index (χ0n) is 10.6. The van der Waals surface area contributed by atoms with E-state index in [2.05, 4.69) is 0 Å². The molecule has 0 saturated carbocycles. The van der Waals surface area contributed by atoms with Gasteiger partial charge in [0.1, 0.15) is 0 Å². The highest BCUT2D eigenvalue weighted by Gasteiger charge is 2.28.